The third-order valence-corrected chi connectivity index (χ3v) is 5.02. The normalized spacial score (nSPS) is 10.3. The molecule has 0 aliphatic carbocycles. The van der Waals surface area contributed by atoms with E-state index in [1.54, 1.807) is 41.1 Å². The van der Waals surface area contributed by atoms with E-state index in [4.69, 9.17) is 10.00 Å². The number of para-hydroxylation sites is 3. The molecule has 2 amide bonds. The number of anilines is 2. The molecule has 0 saturated heterocycles. The molecule has 4 aromatic rings. The fourth-order valence-corrected chi connectivity index (χ4v) is 3.42. The van der Waals surface area contributed by atoms with Crippen LogP contribution in [0.25, 0.3) is 5.69 Å². The van der Waals surface area contributed by atoms with Gasteiger partial charge in [-0.3, -0.25) is 0 Å². The lowest BCUT2D eigenvalue weighted by Crippen LogP contribution is -2.19. The third-order valence-electron chi connectivity index (χ3n) is 5.02. The maximum absolute atomic E-state index is 12.6. The number of hydrogen-bond donors (Lipinski definition) is 2. The zero-order valence-electron chi connectivity index (χ0n) is 18.4. The fourth-order valence-electron chi connectivity index (χ4n) is 3.42. The van der Waals surface area contributed by atoms with E-state index >= 15 is 0 Å². The highest BCUT2D eigenvalue weighted by Crippen LogP contribution is 2.32. The molecular formula is C26H23N5O2. The molecule has 33 heavy (non-hydrogen) atoms. The maximum Gasteiger partial charge on any atom is 0.323 e. The molecule has 0 atom stereocenters. The average Bonchev–Trinajstić information content (AvgIpc) is 3.20. The van der Waals surface area contributed by atoms with E-state index in [-0.39, 0.29) is 0 Å². The number of carbonyl (C=O) groups excluding carboxylic acids is 1. The molecule has 164 valence electrons. The minimum atomic E-state index is -0.420. The van der Waals surface area contributed by atoms with Crippen molar-refractivity contribution in [2.24, 2.45) is 0 Å². The van der Waals surface area contributed by atoms with E-state index in [0.29, 0.717) is 28.6 Å². The molecule has 1 aromatic heterocycles. The largest absolute Gasteiger partial charge is 0.437 e. The summed E-state index contributed by atoms with van der Waals surface area (Å²) in [6.07, 6.45) is 0.863. The van der Waals surface area contributed by atoms with Crippen molar-refractivity contribution in [2.75, 3.05) is 10.6 Å². The number of nitrogens with zero attached hydrogens (tertiary/aromatic N) is 3. The van der Waals surface area contributed by atoms with E-state index in [0.717, 1.165) is 23.4 Å². The van der Waals surface area contributed by atoms with Gasteiger partial charge in [-0.15, -0.1) is 0 Å². The lowest BCUT2D eigenvalue weighted by Gasteiger charge is -2.15. The lowest BCUT2D eigenvalue weighted by molar-refractivity contribution is 0.262. The van der Waals surface area contributed by atoms with E-state index < -0.39 is 6.03 Å². The summed E-state index contributed by atoms with van der Waals surface area (Å²) in [6.45, 7) is 4.01. The summed E-state index contributed by atoms with van der Waals surface area (Å²) in [4.78, 5) is 12.6. The van der Waals surface area contributed by atoms with Crippen molar-refractivity contribution in [2.45, 2.75) is 20.3 Å². The molecule has 3 aromatic carbocycles. The first kappa shape index (κ1) is 21.7. The summed E-state index contributed by atoms with van der Waals surface area (Å²) in [5, 5.41) is 19.1. The monoisotopic (exact) mass is 437 g/mol. The molecule has 0 bridgehead atoms. The van der Waals surface area contributed by atoms with E-state index in [9.17, 15) is 4.79 Å². The first-order chi connectivity index (χ1) is 16.1. The maximum atomic E-state index is 12.6. The Labute approximate surface area is 192 Å². The molecule has 0 unspecified atom stereocenters. The second-order valence-electron chi connectivity index (χ2n) is 7.38. The third kappa shape index (κ3) is 5.02. The van der Waals surface area contributed by atoms with Crippen LogP contribution in [0.15, 0.2) is 78.9 Å². The molecule has 0 aliphatic heterocycles. The highest BCUT2D eigenvalue weighted by atomic mass is 16.5. The Kier molecular flexibility index (Phi) is 6.37. The Hall–Kier alpha value is -4.57. The van der Waals surface area contributed by atoms with Crippen LogP contribution in [-0.2, 0) is 6.42 Å². The summed E-state index contributed by atoms with van der Waals surface area (Å²) in [6, 6.07) is 25.4. The smallest absolute Gasteiger partial charge is 0.323 e. The van der Waals surface area contributed by atoms with Crippen molar-refractivity contribution in [3.63, 3.8) is 0 Å². The lowest BCUT2D eigenvalue weighted by atomic mass is 10.1. The Balaban J connectivity index is 1.56. The van der Waals surface area contributed by atoms with Gasteiger partial charge in [-0.05, 0) is 61.4 Å². The number of benzene rings is 3. The van der Waals surface area contributed by atoms with E-state index in [2.05, 4.69) is 34.8 Å². The van der Waals surface area contributed by atoms with Gasteiger partial charge in [0.05, 0.1) is 28.7 Å². The number of ether oxygens (including phenoxy) is 1. The number of nitrogens with one attached hydrogen (secondary N) is 2. The van der Waals surface area contributed by atoms with Crippen molar-refractivity contribution in [3.8, 4) is 23.4 Å². The van der Waals surface area contributed by atoms with Crippen LogP contribution in [0.1, 0.15) is 23.7 Å². The molecule has 4 rings (SSSR count). The second kappa shape index (κ2) is 9.71. The molecule has 0 radical (unpaired) electrons. The van der Waals surface area contributed by atoms with Crippen LogP contribution >= 0.6 is 0 Å². The van der Waals surface area contributed by atoms with Gasteiger partial charge < -0.3 is 15.4 Å². The molecule has 7 nitrogen and oxygen atoms in total. The van der Waals surface area contributed by atoms with Crippen molar-refractivity contribution in [1.82, 2.24) is 9.78 Å². The Morgan fingerprint density at radius 3 is 2.52 bits per heavy atom. The summed E-state index contributed by atoms with van der Waals surface area (Å²) >= 11 is 0. The van der Waals surface area contributed by atoms with Crippen molar-refractivity contribution >= 4 is 17.4 Å². The van der Waals surface area contributed by atoms with E-state index in [1.807, 2.05) is 43.3 Å². The first-order valence-electron chi connectivity index (χ1n) is 10.6. The van der Waals surface area contributed by atoms with Gasteiger partial charge in [0, 0.05) is 11.8 Å². The van der Waals surface area contributed by atoms with Crippen molar-refractivity contribution in [1.29, 1.82) is 5.26 Å². The number of aryl methyl sites for hydroxylation is 2. The molecule has 7 heteroatoms. The minimum absolute atomic E-state index is 0.420. The van der Waals surface area contributed by atoms with Crippen LogP contribution in [0.2, 0.25) is 0 Å². The molecule has 0 saturated carbocycles. The van der Waals surface area contributed by atoms with Gasteiger partial charge >= 0.3 is 6.03 Å². The van der Waals surface area contributed by atoms with Gasteiger partial charge in [0.25, 0.3) is 0 Å². The quantitative estimate of drug-likeness (QED) is 0.384. The Morgan fingerprint density at radius 2 is 1.76 bits per heavy atom. The van der Waals surface area contributed by atoms with Crippen LogP contribution in [0.5, 0.6) is 11.6 Å². The SMILES string of the molecule is CCc1ccccc1-n1nc(C)cc1Oc1ccccc1NC(=O)Nc1ccc(C#N)cc1. The second-order valence-corrected chi connectivity index (χ2v) is 7.38. The zero-order chi connectivity index (χ0) is 23.2. The predicted molar refractivity (Wildman–Crippen MR) is 128 cm³/mol. The topological polar surface area (TPSA) is 92.0 Å². The van der Waals surface area contributed by atoms with Crippen LogP contribution in [0, 0.1) is 18.3 Å². The number of rotatable bonds is 6. The first-order valence-corrected chi connectivity index (χ1v) is 10.6. The number of amides is 2. The highest BCUT2D eigenvalue weighted by Gasteiger charge is 2.15. The minimum Gasteiger partial charge on any atom is -0.437 e. The highest BCUT2D eigenvalue weighted by molar-refractivity contribution is 6.00. The number of aromatic nitrogens is 2. The molecule has 0 aliphatic rings. The van der Waals surface area contributed by atoms with Crippen molar-refractivity contribution in [3.05, 3.63) is 95.7 Å². The predicted octanol–water partition coefficient (Wildman–Crippen LogP) is 6.05. The molecule has 2 N–H and O–H groups in total. The van der Waals surface area contributed by atoms with Gasteiger partial charge in [0.15, 0.2) is 5.75 Å². The van der Waals surface area contributed by atoms with Crippen LogP contribution in [-0.4, -0.2) is 15.8 Å². The zero-order valence-corrected chi connectivity index (χ0v) is 18.4. The molecule has 1 heterocycles. The van der Waals surface area contributed by atoms with Crippen LogP contribution < -0.4 is 15.4 Å². The Morgan fingerprint density at radius 1 is 1.03 bits per heavy atom. The molecule has 0 fully saturated rings. The molecular weight excluding hydrogens is 414 g/mol. The summed E-state index contributed by atoms with van der Waals surface area (Å²) < 4.78 is 8.00. The van der Waals surface area contributed by atoms with Gasteiger partial charge in [0.2, 0.25) is 5.88 Å². The number of urea groups is 1. The number of hydrogen-bond acceptors (Lipinski definition) is 4. The molecule has 0 spiro atoms. The number of nitriles is 1. The van der Waals surface area contributed by atoms with Crippen LogP contribution in [0.3, 0.4) is 0 Å². The van der Waals surface area contributed by atoms with E-state index in [1.165, 1.54) is 0 Å². The summed E-state index contributed by atoms with van der Waals surface area (Å²) in [5.74, 6) is 1.04. The standard InChI is InChI=1S/C26H23N5O2/c1-3-20-8-4-6-10-23(20)31-25(16-18(2)30-31)33-24-11-7-5-9-22(24)29-26(32)28-21-14-12-19(17-27)13-15-21/h4-16H,3H2,1-2H3,(H2,28,29,32). The summed E-state index contributed by atoms with van der Waals surface area (Å²) in [7, 11) is 0. The summed E-state index contributed by atoms with van der Waals surface area (Å²) in [5.41, 5.74) is 4.54. The Bertz CT molecular complexity index is 1320. The van der Waals surface area contributed by atoms with Gasteiger partial charge in [0.1, 0.15) is 0 Å². The fraction of sp³-hybridized carbons (Fsp3) is 0.115. The van der Waals surface area contributed by atoms with Crippen LogP contribution in [0.4, 0.5) is 16.2 Å². The number of carbonyl (C=O) groups is 1. The van der Waals surface area contributed by atoms with Gasteiger partial charge in [-0.1, -0.05) is 37.3 Å². The average molecular weight is 438 g/mol. The van der Waals surface area contributed by atoms with Crippen molar-refractivity contribution < 1.29 is 9.53 Å². The van der Waals surface area contributed by atoms with Gasteiger partial charge in [-0.2, -0.15) is 10.4 Å². The van der Waals surface area contributed by atoms with Gasteiger partial charge in [-0.25, -0.2) is 9.48 Å².